The van der Waals surface area contributed by atoms with E-state index >= 15 is 0 Å². The van der Waals surface area contributed by atoms with Crippen molar-refractivity contribution in [1.29, 1.82) is 0 Å². The van der Waals surface area contributed by atoms with Gasteiger partial charge in [0, 0.05) is 5.56 Å². The van der Waals surface area contributed by atoms with E-state index < -0.39 is 21.9 Å². The van der Waals surface area contributed by atoms with Crippen LogP contribution in [-0.2, 0) is 10.0 Å². The summed E-state index contributed by atoms with van der Waals surface area (Å²) in [5.74, 6) is -2.01. The van der Waals surface area contributed by atoms with Crippen LogP contribution in [0.4, 0.5) is 11.6 Å². The second-order valence-corrected chi connectivity index (χ2v) is 9.90. The number of carboxylic acids is 1. The number of hydrogen-bond acceptors (Lipinski definition) is 9. The zero-order chi connectivity index (χ0) is 24.1. The highest BCUT2D eigenvalue weighted by molar-refractivity contribution is 7.93. The number of fused-ring (bicyclic) bond motifs is 1. The van der Waals surface area contributed by atoms with Gasteiger partial charge in [-0.05, 0) is 37.8 Å². The monoisotopic (exact) mass is 513 g/mol. The number of sulfonamides is 1. The van der Waals surface area contributed by atoms with E-state index in [0.717, 1.165) is 11.3 Å². The summed E-state index contributed by atoms with van der Waals surface area (Å²) in [4.78, 5) is 24.4. The lowest BCUT2D eigenvalue weighted by atomic mass is 9.99. The number of carbonyl (C=O) groups is 2. The molecule has 4 rings (SSSR count). The van der Waals surface area contributed by atoms with E-state index in [-0.39, 0.29) is 55.8 Å². The fraction of sp³-hybridized carbons (Fsp3) is 0.211. The van der Waals surface area contributed by atoms with Crippen LogP contribution in [0.1, 0.15) is 36.9 Å². The Bertz CT molecular complexity index is 1410. The Kier molecular flexibility index (Phi) is 5.72. The molecule has 11 nitrogen and oxygen atoms in total. The molecule has 0 bridgehead atoms. The van der Waals surface area contributed by atoms with Crippen LogP contribution in [0.5, 0.6) is 11.5 Å². The molecule has 1 aliphatic heterocycles. The molecule has 0 aliphatic carbocycles. The summed E-state index contributed by atoms with van der Waals surface area (Å²) in [5.41, 5.74) is 1.00. The molecule has 3 aromatic rings. The summed E-state index contributed by atoms with van der Waals surface area (Å²) in [7, 11) is -4.26. The molecule has 3 N–H and O–H groups in total. The first-order valence-corrected chi connectivity index (χ1v) is 12.0. The minimum absolute atomic E-state index is 0.00684. The third kappa shape index (κ3) is 3.87. The highest BCUT2D eigenvalue weighted by atomic mass is 35.5. The van der Waals surface area contributed by atoms with Crippen molar-refractivity contribution < 1.29 is 37.1 Å². The van der Waals surface area contributed by atoms with Gasteiger partial charge in [0.1, 0.15) is 26.1 Å². The SMILES string of the molecule is Cc1noc(NS(=O)(=O)c2ccsc2C(=O)Nc2c(C)c3c(c(C(=O)O)c2C)OCO3)c1Cl. The lowest BCUT2D eigenvalue weighted by Crippen LogP contribution is -2.19. The van der Waals surface area contributed by atoms with E-state index in [0.29, 0.717) is 11.3 Å². The van der Waals surface area contributed by atoms with E-state index in [1.807, 2.05) is 0 Å². The number of nitrogens with one attached hydrogen (secondary N) is 2. The van der Waals surface area contributed by atoms with Crippen molar-refractivity contribution in [1.82, 2.24) is 5.16 Å². The molecule has 0 saturated carbocycles. The highest BCUT2D eigenvalue weighted by Crippen LogP contribution is 2.45. The van der Waals surface area contributed by atoms with E-state index in [4.69, 9.17) is 25.6 Å². The van der Waals surface area contributed by atoms with Gasteiger partial charge in [-0.25, -0.2) is 17.9 Å². The Morgan fingerprint density at radius 2 is 1.88 bits per heavy atom. The van der Waals surface area contributed by atoms with Crippen molar-refractivity contribution in [3.05, 3.63) is 43.7 Å². The number of anilines is 2. The Hall–Kier alpha value is -3.29. The lowest BCUT2D eigenvalue weighted by molar-refractivity contribution is 0.0691. The molecule has 1 aliphatic rings. The molecule has 0 spiro atoms. The predicted molar refractivity (Wildman–Crippen MR) is 118 cm³/mol. The third-order valence-corrected chi connectivity index (χ3v) is 7.76. The lowest BCUT2D eigenvalue weighted by Gasteiger charge is -2.16. The number of hydrogen-bond donors (Lipinski definition) is 3. The maximum Gasteiger partial charge on any atom is 0.339 e. The van der Waals surface area contributed by atoms with Gasteiger partial charge in [0.25, 0.3) is 21.8 Å². The van der Waals surface area contributed by atoms with Crippen molar-refractivity contribution in [2.24, 2.45) is 0 Å². The second kappa shape index (κ2) is 8.24. The molecule has 1 amide bonds. The van der Waals surface area contributed by atoms with Gasteiger partial charge in [-0.3, -0.25) is 4.79 Å². The maximum atomic E-state index is 13.1. The molecule has 174 valence electrons. The molecule has 0 saturated heterocycles. The van der Waals surface area contributed by atoms with Crippen molar-refractivity contribution in [2.45, 2.75) is 25.7 Å². The van der Waals surface area contributed by atoms with Crippen molar-refractivity contribution in [2.75, 3.05) is 16.8 Å². The van der Waals surface area contributed by atoms with Crippen molar-refractivity contribution in [3.8, 4) is 11.5 Å². The van der Waals surface area contributed by atoms with Gasteiger partial charge in [-0.2, -0.15) is 0 Å². The van der Waals surface area contributed by atoms with Gasteiger partial charge in [0.05, 0.1) is 5.69 Å². The number of aromatic carboxylic acids is 1. The van der Waals surface area contributed by atoms with Crippen LogP contribution < -0.4 is 19.5 Å². The Balaban J connectivity index is 1.70. The van der Waals surface area contributed by atoms with E-state index in [9.17, 15) is 23.1 Å². The molecule has 0 unspecified atom stereocenters. The van der Waals surface area contributed by atoms with Crippen LogP contribution in [0.15, 0.2) is 20.9 Å². The zero-order valence-electron chi connectivity index (χ0n) is 17.3. The number of thiophene rings is 1. The number of halogens is 1. The van der Waals surface area contributed by atoms with Crippen LogP contribution >= 0.6 is 22.9 Å². The van der Waals surface area contributed by atoms with Crippen LogP contribution in [0, 0.1) is 20.8 Å². The van der Waals surface area contributed by atoms with E-state index in [1.165, 1.54) is 25.3 Å². The number of ether oxygens (including phenoxy) is 2. The first kappa shape index (κ1) is 22.9. The molecule has 0 fully saturated rings. The summed E-state index contributed by atoms with van der Waals surface area (Å²) in [6.07, 6.45) is 0. The summed E-state index contributed by atoms with van der Waals surface area (Å²) < 4.78 is 43.5. The Morgan fingerprint density at radius 1 is 1.18 bits per heavy atom. The first-order chi connectivity index (χ1) is 15.5. The average Bonchev–Trinajstić information content (AvgIpc) is 3.48. The molecule has 0 radical (unpaired) electrons. The molecule has 14 heteroatoms. The maximum absolute atomic E-state index is 13.1. The van der Waals surface area contributed by atoms with Crippen LogP contribution in [-0.4, -0.2) is 37.4 Å². The van der Waals surface area contributed by atoms with Crippen LogP contribution in [0.2, 0.25) is 5.02 Å². The van der Waals surface area contributed by atoms with E-state index in [2.05, 4.69) is 15.2 Å². The topological polar surface area (TPSA) is 157 Å². The zero-order valence-corrected chi connectivity index (χ0v) is 19.7. The van der Waals surface area contributed by atoms with Gasteiger partial charge in [0.2, 0.25) is 6.79 Å². The second-order valence-electron chi connectivity index (χ2n) is 6.95. The minimum Gasteiger partial charge on any atom is -0.478 e. The van der Waals surface area contributed by atoms with Crippen molar-refractivity contribution >= 4 is 56.4 Å². The fourth-order valence-corrected chi connectivity index (χ4v) is 5.81. The Labute approximate surface area is 196 Å². The predicted octanol–water partition coefficient (Wildman–Crippen LogP) is 3.79. The normalized spacial score (nSPS) is 12.6. The minimum atomic E-state index is -4.26. The third-order valence-electron chi connectivity index (χ3n) is 4.90. The highest BCUT2D eigenvalue weighted by Gasteiger charge is 2.32. The number of aryl methyl sites for hydroxylation is 1. The van der Waals surface area contributed by atoms with Crippen LogP contribution in [0.3, 0.4) is 0 Å². The summed E-state index contributed by atoms with van der Waals surface area (Å²) in [6, 6.07) is 1.25. The van der Waals surface area contributed by atoms with Crippen LogP contribution in [0.25, 0.3) is 0 Å². The molecule has 0 atom stereocenters. The number of aromatic nitrogens is 1. The Morgan fingerprint density at radius 3 is 2.52 bits per heavy atom. The molecule has 1 aromatic carbocycles. The van der Waals surface area contributed by atoms with E-state index in [1.54, 1.807) is 6.92 Å². The molecular weight excluding hydrogens is 498 g/mol. The van der Waals surface area contributed by atoms with Gasteiger partial charge in [-0.15, -0.1) is 11.3 Å². The standard InChI is InChI=1S/C19H16ClN3O8S2/c1-7-11(19(25)26)15-14(29-6-30-15)8(2)13(7)21-17(24)16-10(4-5-32-16)33(27,28)23-18-12(20)9(3)22-31-18/h4-5,23H,6H2,1-3H3,(H,21,24)(H,25,26). The van der Waals surface area contributed by atoms with Crippen molar-refractivity contribution in [3.63, 3.8) is 0 Å². The summed E-state index contributed by atoms with van der Waals surface area (Å²) in [6.45, 7) is 4.52. The molecule has 2 aromatic heterocycles. The number of carbonyl (C=O) groups excluding carboxylic acids is 1. The molecular formula is C19H16ClN3O8S2. The van der Waals surface area contributed by atoms with Gasteiger partial charge in [0.15, 0.2) is 11.5 Å². The molecule has 3 heterocycles. The largest absolute Gasteiger partial charge is 0.478 e. The molecule has 33 heavy (non-hydrogen) atoms. The number of nitrogens with zero attached hydrogens (tertiary/aromatic N) is 1. The number of amides is 1. The quantitative estimate of drug-likeness (QED) is 0.446. The number of rotatable bonds is 6. The summed E-state index contributed by atoms with van der Waals surface area (Å²) in [5, 5.41) is 17.2. The fourth-order valence-electron chi connectivity index (χ4n) is 3.32. The van der Waals surface area contributed by atoms with Gasteiger partial charge >= 0.3 is 5.97 Å². The average molecular weight is 514 g/mol. The summed E-state index contributed by atoms with van der Waals surface area (Å²) >= 11 is 6.87. The smallest absolute Gasteiger partial charge is 0.339 e. The first-order valence-electron chi connectivity index (χ1n) is 9.22. The number of carboxylic acid groups (broad SMARTS) is 1. The van der Waals surface area contributed by atoms with Gasteiger partial charge in [-0.1, -0.05) is 16.8 Å². The number of benzene rings is 1. The van der Waals surface area contributed by atoms with Gasteiger partial charge < -0.3 is 24.4 Å².